The van der Waals surface area contributed by atoms with Gasteiger partial charge in [-0.3, -0.25) is 0 Å². The van der Waals surface area contributed by atoms with Crippen molar-refractivity contribution < 1.29 is 51.4 Å². The van der Waals surface area contributed by atoms with Gasteiger partial charge in [-0.15, -0.1) is 0 Å². The third-order valence-corrected chi connectivity index (χ3v) is 3.23. The Kier molecular flexibility index (Phi) is 7.87. The average molecular weight is 300 g/mol. The molecule has 88 valence electrons. The molecule has 0 heterocycles. The summed E-state index contributed by atoms with van der Waals surface area (Å²) in [4.78, 5) is 2.07. The summed E-state index contributed by atoms with van der Waals surface area (Å²) in [6, 6.07) is 10.3. The molecule has 1 aliphatic carbocycles. The van der Waals surface area contributed by atoms with E-state index >= 15 is 0 Å². The molecule has 0 radical (unpaired) electrons. The monoisotopic (exact) mass is 299 g/mol. The van der Waals surface area contributed by atoms with Crippen LogP contribution in [0.3, 0.4) is 0 Å². The minimum absolute atomic E-state index is 0. The Morgan fingerprint density at radius 2 is 1.94 bits per heavy atom. The predicted molar refractivity (Wildman–Crippen MR) is 78.7 cm³/mol. The minimum atomic E-state index is 0. The normalized spacial score (nSPS) is 12.8. The zero-order chi connectivity index (χ0) is 12.1. The van der Waals surface area contributed by atoms with Crippen LogP contribution in [-0.4, -0.2) is 15.8 Å². The van der Waals surface area contributed by atoms with Crippen LogP contribution in [0.15, 0.2) is 54.1 Å². The molecular weight excluding hydrogens is 285 g/mol. The smallest absolute Gasteiger partial charge is 0.411 e. The van der Waals surface area contributed by atoms with E-state index in [0.29, 0.717) is 4.32 Å². The summed E-state index contributed by atoms with van der Waals surface area (Å²) >= 11 is 10.3. The number of rotatable bonds is 4. The molecule has 0 spiro atoms. The van der Waals surface area contributed by atoms with E-state index in [1.54, 1.807) is 0 Å². The first-order valence-corrected chi connectivity index (χ1v) is 6.42. The topological polar surface area (TPSA) is 3.24 Å². The molecule has 1 nitrogen and oxygen atoms in total. The van der Waals surface area contributed by atoms with Crippen LogP contribution >= 0.6 is 12.2 Å². The molecule has 0 N–H and O–H groups in total. The summed E-state index contributed by atoms with van der Waals surface area (Å²) in [5.74, 6) is 0. The summed E-state index contributed by atoms with van der Waals surface area (Å²) in [5.41, 5.74) is 2.61. The van der Waals surface area contributed by atoms with Gasteiger partial charge in [0.05, 0.1) is 0 Å². The van der Waals surface area contributed by atoms with Crippen LogP contribution in [0, 0.1) is 0 Å². The SMILES string of the molecule is S=C([S-])N(CC1=CC=CC1)Cc1ccccc1.[K+]. The van der Waals surface area contributed by atoms with Crippen molar-refractivity contribution in [1.82, 2.24) is 4.90 Å². The maximum Gasteiger partial charge on any atom is 1.00 e. The molecule has 18 heavy (non-hydrogen) atoms. The Labute approximate surface area is 162 Å². The standard InChI is InChI=1S/C14H15NS2.K/c16-14(17)15(11-13-8-4-5-9-13)10-12-6-2-1-3-7-12;/h1-8H,9-11H2,(H,16,17);/q;+1/p-1. The zero-order valence-corrected chi connectivity index (χ0v) is 15.3. The van der Waals surface area contributed by atoms with Crippen LogP contribution in [0.1, 0.15) is 12.0 Å². The second kappa shape index (κ2) is 8.58. The second-order valence-corrected chi connectivity index (χ2v) is 5.10. The molecule has 0 amide bonds. The van der Waals surface area contributed by atoms with Crippen LogP contribution in [-0.2, 0) is 19.2 Å². The largest absolute Gasteiger partial charge is 1.00 e. The Morgan fingerprint density at radius 1 is 1.22 bits per heavy atom. The van der Waals surface area contributed by atoms with Crippen molar-refractivity contribution >= 4 is 29.2 Å². The number of benzene rings is 1. The van der Waals surface area contributed by atoms with Gasteiger partial charge in [-0.2, -0.15) is 0 Å². The molecule has 0 atom stereocenters. The van der Waals surface area contributed by atoms with Crippen molar-refractivity contribution in [3.05, 3.63) is 59.7 Å². The van der Waals surface area contributed by atoms with Crippen molar-refractivity contribution in [2.75, 3.05) is 6.54 Å². The van der Waals surface area contributed by atoms with Crippen LogP contribution < -0.4 is 51.4 Å². The van der Waals surface area contributed by atoms with Crippen molar-refractivity contribution in [3.63, 3.8) is 0 Å². The molecule has 0 aromatic heterocycles. The van der Waals surface area contributed by atoms with E-state index in [1.807, 2.05) is 18.2 Å². The Balaban J connectivity index is 0.00000162. The first kappa shape index (κ1) is 16.5. The summed E-state index contributed by atoms with van der Waals surface area (Å²) in [6.07, 6.45) is 7.40. The summed E-state index contributed by atoms with van der Waals surface area (Å²) < 4.78 is 0.543. The van der Waals surface area contributed by atoms with E-state index in [-0.39, 0.29) is 51.4 Å². The van der Waals surface area contributed by atoms with Gasteiger partial charge in [-0.05, 0) is 17.6 Å². The maximum atomic E-state index is 5.14. The Morgan fingerprint density at radius 3 is 2.50 bits per heavy atom. The minimum Gasteiger partial charge on any atom is -0.411 e. The predicted octanol–water partition coefficient (Wildman–Crippen LogP) is 0.211. The van der Waals surface area contributed by atoms with E-state index in [4.69, 9.17) is 24.8 Å². The molecular formula is C14H14KNS2. The fraction of sp³-hybridized carbons (Fsp3) is 0.214. The van der Waals surface area contributed by atoms with Crippen molar-refractivity contribution in [1.29, 1.82) is 0 Å². The quantitative estimate of drug-likeness (QED) is 0.445. The van der Waals surface area contributed by atoms with E-state index in [0.717, 1.165) is 19.5 Å². The van der Waals surface area contributed by atoms with Crippen LogP contribution in [0.2, 0.25) is 0 Å². The number of nitrogens with zero attached hydrogens (tertiary/aromatic N) is 1. The van der Waals surface area contributed by atoms with Gasteiger partial charge < -0.3 is 29.7 Å². The average Bonchev–Trinajstić information content (AvgIpc) is 2.82. The Bertz CT molecular complexity index is 454. The van der Waals surface area contributed by atoms with E-state index in [9.17, 15) is 0 Å². The molecule has 1 aliphatic rings. The van der Waals surface area contributed by atoms with Gasteiger partial charge in [-0.1, -0.05) is 52.9 Å². The van der Waals surface area contributed by atoms with E-state index in [2.05, 4.69) is 35.3 Å². The molecule has 0 saturated carbocycles. The molecule has 1 aromatic rings. The van der Waals surface area contributed by atoms with E-state index < -0.39 is 0 Å². The van der Waals surface area contributed by atoms with Gasteiger partial charge in [-0.25, -0.2) is 0 Å². The van der Waals surface area contributed by atoms with Crippen molar-refractivity contribution in [2.24, 2.45) is 0 Å². The molecule has 4 heteroatoms. The van der Waals surface area contributed by atoms with Gasteiger partial charge in [0, 0.05) is 13.1 Å². The molecule has 0 aliphatic heterocycles. The zero-order valence-electron chi connectivity index (χ0n) is 10.5. The molecule has 1 aromatic carbocycles. The van der Waals surface area contributed by atoms with Gasteiger partial charge in [0.25, 0.3) is 0 Å². The fourth-order valence-electron chi connectivity index (χ4n) is 1.84. The number of thiocarbonyl (C=S) groups is 1. The molecule has 0 bridgehead atoms. The van der Waals surface area contributed by atoms with Crippen molar-refractivity contribution in [3.8, 4) is 0 Å². The van der Waals surface area contributed by atoms with Gasteiger partial charge in [0.1, 0.15) is 0 Å². The number of hydrogen-bond donors (Lipinski definition) is 0. The van der Waals surface area contributed by atoms with Gasteiger partial charge in [0.15, 0.2) is 0 Å². The third kappa shape index (κ3) is 5.21. The molecule has 0 saturated heterocycles. The third-order valence-electron chi connectivity index (χ3n) is 2.72. The number of allylic oxidation sites excluding steroid dienone is 3. The molecule has 0 unspecified atom stereocenters. The molecule has 0 fully saturated rings. The van der Waals surface area contributed by atoms with Gasteiger partial charge in [0.2, 0.25) is 0 Å². The summed E-state index contributed by atoms with van der Waals surface area (Å²) in [5, 5.41) is 0. The first-order valence-electron chi connectivity index (χ1n) is 5.60. The maximum absolute atomic E-state index is 5.14. The summed E-state index contributed by atoms with van der Waals surface area (Å²) in [7, 11) is 0. The van der Waals surface area contributed by atoms with Crippen LogP contribution in [0.25, 0.3) is 0 Å². The fourth-order valence-corrected chi connectivity index (χ4v) is 2.10. The summed E-state index contributed by atoms with van der Waals surface area (Å²) in [6.45, 7) is 1.63. The molecule has 2 rings (SSSR count). The number of hydrogen-bond acceptors (Lipinski definition) is 2. The second-order valence-electron chi connectivity index (χ2n) is 4.06. The van der Waals surface area contributed by atoms with Crippen LogP contribution in [0.5, 0.6) is 0 Å². The van der Waals surface area contributed by atoms with Crippen LogP contribution in [0.4, 0.5) is 0 Å². The Hall–Kier alpha value is 0.446. The van der Waals surface area contributed by atoms with Gasteiger partial charge >= 0.3 is 51.4 Å². The van der Waals surface area contributed by atoms with E-state index in [1.165, 1.54) is 11.1 Å². The van der Waals surface area contributed by atoms with Crippen molar-refractivity contribution in [2.45, 2.75) is 13.0 Å². The first-order chi connectivity index (χ1) is 8.25.